The number of rotatable bonds is 15. The number of aryl methyl sites for hydroxylation is 2. The molecule has 0 saturated heterocycles. The van der Waals surface area contributed by atoms with Crippen molar-refractivity contribution in [2.45, 2.75) is 49.8 Å². The van der Waals surface area contributed by atoms with Crippen molar-refractivity contribution >= 4 is 21.6 Å². The zero-order valence-electron chi connectivity index (χ0n) is 31.2. The highest BCUT2D eigenvalue weighted by Crippen LogP contribution is 2.45. The lowest BCUT2D eigenvalue weighted by molar-refractivity contribution is 0.414. The van der Waals surface area contributed by atoms with Crippen LogP contribution in [0.15, 0.2) is 120 Å². The molecule has 0 unspecified atom stereocenters. The molecule has 0 N–H and O–H groups in total. The van der Waals surface area contributed by atoms with Crippen LogP contribution in [0.4, 0.5) is 0 Å². The largest absolute Gasteiger partial charge is 0.497 e. The second kappa shape index (κ2) is 16.6. The molecule has 0 fully saturated rings. The number of nitrogens with zero attached hydrogens (tertiary/aromatic N) is 12. The number of hydrogen-bond donors (Lipinski definition) is 0. The number of methoxy groups -OCH3 is 2. The highest BCUT2D eigenvalue weighted by atomic mass is 33.1. The minimum atomic E-state index is 0.451. The molecule has 0 aliphatic heterocycles. The van der Waals surface area contributed by atoms with Gasteiger partial charge in [-0.1, -0.05) is 62.4 Å². The molecule has 56 heavy (non-hydrogen) atoms. The van der Waals surface area contributed by atoms with E-state index in [2.05, 4.69) is 83.0 Å². The summed E-state index contributed by atoms with van der Waals surface area (Å²) >= 11 is 0. The van der Waals surface area contributed by atoms with Crippen LogP contribution in [-0.2, 0) is 25.9 Å². The summed E-state index contributed by atoms with van der Waals surface area (Å²) in [6.07, 6.45) is 5.46. The zero-order valence-corrected chi connectivity index (χ0v) is 32.9. The Morgan fingerprint density at radius 2 is 0.875 bits per heavy atom. The summed E-state index contributed by atoms with van der Waals surface area (Å²) in [7, 11) is 6.35. The number of tetrazole rings is 2. The summed E-state index contributed by atoms with van der Waals surface area (Å²) in [5.74, 6) is 2.50. The molecule has 8 rings (SSSR count). The first kappa shape index (κ1) is 36.7. The fourth-order valence-corrected chi connectivity index (χ4v) is 8.47. The van der Waals surface area contributed by atoms with Crippen molar-refractivity contribution < 1.29 is 9.47 Å². The van der Waals surface area contributed by atoms with Crippen molar-refractivity contribution in [1.29, 1.82) is 0 Å². The Morgan fingerprint density at radius 3 is 1.23 bits per heavy atom. The smallest absolute Gasteiger partial charge is 0.209 e. The topological polar surface area (TPSA) is 141 Å². The molecule has 4 heterocycles. The molecular formula is C40H38N12O2S2. The van der Waals surface area contributed by atoms with Crippen LogP contribution < -0.4 is 9.47 Å². The van der Waals surface area contributed by atoms with Crippen LogP contribution in [0.3, 0.4) is 0 Å². The van der Waals surface area contributed by atoms with E-state index in [0.29, 0.717) is 24.7 Å². The molecule has 4 aromatic heterocycles. The summed E-state index contributed by atoms with van der Waals surface area (Å²) in [4.78, 5) is 3.17. The minimum absolute atomic E-state index is 0.451. The highest BCUT2D eigenvalue weighted by molar-refractivity contribution is 8.76. The van der Waals surface area contributed by atoms with Gasteiger partial charge in [0.25, 0.3) is 0 Å². The number of ether oxygens (including phenoxy) is 2. The second-order valence-corrected chi connectivity index (χ2v) is 14.8. The molecule has 0 aliphatic rings. The molecule has 0 radical (unpaired) electrons. The quantitative estimate of drug-likeness (QED) is 0.0957. The van der Waals surface area contributed by atoms with Gasteiger partial charge in [-0.25, -0.2) is 9.36 Å². The molecule has 0 spiro atoms. The van der Waals surface area contributed by atoms with Gasteiger partial charge in [-0.15, -0.1) is 20.4 Å². The van der Waals surface area contributed by atoms with E-state index in [0.717, 1.165) is 68.0 Å². The maximum atomic E-state index is 5.32. The van der Waals surface area contributed by atoms with Crippen molar-refractivity contribution in [2.24, 2.45) is 0 Å². The van der Waals surface area contributed by atoms with Crippen LogP contribution in [0, 0.1) is 0 Å². The van der Waals surface area contributed by atoms with Gasteiger partial charge in [-0.2, -0.15) is 19.8 Å². The van der Waals surface area contributed by atoms with Gasteiger partial charge in [0.1, 0.15) is 21.6 Å². The van der Waals surface area contributed by atoms with E-state index in [1.165, 1.54) is 32.7 Å². The lowest BCUT2D eigenvalue weighted by atomic mass is 10.1. The molecule has 4 aromatic carbocycles. The molecule has 0 saturated carbocycles. The van der Waals surface area contributed by atoms with Crippen LogP contribution in [0.1, 0.15) is 36.1 Å². The van der Waals surface area contributed by atoms with E-state index < -0.39 is 0 Å². The van der Waals surface area contributed by atoms with Crippen LogP contribution in [0.25, 0.3) is 34.2 Å². The Labute approximate surface area is 331 Å². The van der Waals surface area contributed by atoms with Crippen LogP contribution in [0.5, 0.6) is 11.5 Å². The van der Waals surface area contributed by atoms with Gasteiger partial charge in [-0.05, 0) is 116 Å². The number of benzene rings is 4. The van der Waals surface area contributed by atoms with E-state index in [4.69, 9.17) is 29.9 Å². The third kappa shape index (κ3) is 7.92. The Morgan fingerprint density at radius 1 is 0.500 bits per heavy atom. The van der Waals surface area contributed by atoms with Gasteiger partial charge >= 0.3 is 0 Å². The zero-order chi connectivity index (χ0) is 38.4. The van der Waals surface area contributed by atoms with Crippen molar-refractivity contribution in [3.63, 3.8) is 0 Å². The molecule has 0 aliphatic carbocycles. The predicted octanol–water partition coefficient (Wildman–Crippen LogP) is 7.40. The Hall–Kier alpha value is -6.26. The van der Waals surface area contributed by atoms with Gasteiger partial charge in [-0.3, -0.25) is 0 Å². The molecule has 14 nitrogen and oxygen atoms in total. The first-order chi connectivity index (χ1) is 27.5. The van der Waals surface area contributed by atoms with Crippen molar-refractivity contribution in [3.05, 3.63) is 132 Å². The van der Waals surface area contributed by atoms with Crippen LogP contribution in [-0.4, -0.2) is 74.2 Å². The molecule has 0 bridgehead atoms. The first-order valence-corrected chi connectivity index (χ1v) is 20.2. The van der Waals surface area contributed by atoms with Crippen molar-refractivity contribution in [2.75, 3.05) is 14.2 Å². The fraction of sp³-hybridized carbons (Fsp3) is 0.200. The van der Waals surface area contributed by atoms with Gasteiger partial charge in [0.2, 0.25) is 11.6 Å². The molecule has 0 amide bonds. The monoisotopic (exact) mass is 782 g/mol. The maximum Gasteiger partial charge on any atom is 0.209 e. The average molecular weight is 783 g/mol. The summed E-state index contributed by atoms with van der Waals surface area (Å²) in [5.41, 5.74) is 7.83. The SMILES string of the molecule is CCc1ccc(-n2ncc(-c3nnn(Cc4ccc(OC)cc4)n3)c2SSc2c(-c3nnn(Cc4ccc(OC)cc4)n3)cnn2-c2ccc(CC)cc2)cc1. The highest BCUT2D eigenvalue weighted by Gasteiger charge is 2.24. The summed E-state index contributed by atoms with van der Waals surface area (Å²) < 4.78 is 14.5. The van der Waals surface area contributed by atoms with Gasteiger partial charge in [0, 0.05) is 0 Å². The minimum Gasteiger partial charge on any atom is -0.497 e. The van der Waals surface area contributed by atoms with E-state index in [9.17, 15) is 0 Å². The normalized spacial score (nSPS) is 11.3. The Balaban J connectivity index is 1.14. The van der Waals surface area contributed by atoms with Crippen LogP contribution in [0.2, 0.25) is 0 Å². The Bertz CT molecular complexity index is 2350. The molecule has 282 valence electrons. The predicted molar refractivity (Wildman–Crippen MR) is 215 cm³/mol. The van der Waals surface area contributed by atoms with Gasteiger partial charge < -0.3 is 9.47 Å². The second-order valence-electron chi connectivity index (χ2n) is 12.7. The standard InChI is InChI=1S/C40H38N12O2S2/c1-5-27-7-15-31(16-8-27)51-39(35(23-41-51)37-43-47-49(45-37)25-29-11-19-33(53-3)20-12-29)55-56-40-36(24-42-52(40)32-17-9-28(6-2)10-18-32)38-44-48-50(46-38)26-30-13-21-34(54-4)22-14-30/h7-24H,5-6,25-26H2,1-4H3. The summed E-state index contributed by atoms with van der Waals surface area (Å²) in [6.45, 7) is 5.19. The van der Waals surface area contributed by atoms with E-state index in [1.807, 2.05) is 57.9 Å². The molecule has 8 aromatic rings. The summed E-state index contributed by atoms with van der Waals surface area (Å²) in [6, 6.07) is 32.4. The first-order valence-electron chi connectivity index (χ1n) is 18.0. The molecular weight excluding hydrogens is 745 g/mol. The van der Waals surface area contributed by atoms with E-state index in [-0.39, 0.29) is 0 Å². The fourth-order valence-electron chi connectivity index (χ4n) is 5.96. The third-order valence-corrected chi connectivity index (χ3v) is 11.6. The summed E-state index contributed by atoms with van der Waals surface area (Å²) in [5, 5.41) is 38.6. The number of aromatic nitrogens is 12. The van der Waals surface area contributed by atoms with Crippen molar-refractivity contribution in [3.8, 4) is 45.6 Å². The molecule has 16 heteroatoms. The molecule has 0 atom stereocenters. The van der Waals surface area contributed by atoms with Crippen molar-refractivity contribution in [1.82, 2.24) is 60.0 Å². The van der Waals surface area contributed by atoms with Crippen LogP contribution >= 0.6 is 21.6 Å². The average Bonchev–Trinajstić information content (AvgIpc) is 4.08. The third-order valence-electron chi connectivity index (χ3n) is 9.18. The lowest BCUT2D eigenvalue weighted by Crippen LogP contribution is -2.04. The van der Waals surface area contributed by atoms with E-state index >= 15 is 0 Å². The van der Waals surface area contributed by atoms with E-state index in [1.54, 1.807) is 36.2 Å². The maximum absolute atomic E-state index is 5.32. The van der Waals surface area contributed by atoms with Gasteiger partial charge in [0.15, 0.2) is 0 Å². The number of hydrogen-bond acceptors (Lipinski definition) is 12. The van der Waals surface area contributed by atoms with Gasteiger partial charge in [0.05, 0.1) is 62.2 Å². The Kier molecular flexibility index (Phi) is 10.9. The lowest BCUT2D eigenvalue weighted by Gasteiger charge is -2.11.